The third-order valence-electron chi connectivity index (χ3n) is 2.92. The number of hydrogen-bond acceptors (Lipinski definition) is 3. The van der Waals surface area contributed by atoms with E-state index in [4.69, 9.17) is 4.42 Å². The second-order valence-electron chi connectivity index (χ2n) is 4.13. The molecule has 0 atom stereocenters. The van der Waals surface area contributed by atoms with Crippen LogP contribution in [0.2, 0.25) is 0 Å². The number of nitrogens with zero attached hydrogens (tertiary/aromatic N) is 1. The van der Waals surface area contributed by atoms with E-state index in [9.17, 15) is 4.79 Å². The molecule has 2 rings (SSSR count). The number of amides is 1. The highest BCUT2D eigenvalue weighted by Crippen LogP contribution is 2.17. The van der Waals surface area contributed by atoms with Crippen molar-refractivity contribution in [3.63, 3.8) is 0 Å². The average molecular weight is 247 g/mol. The number of furan rings is 1. The maximum atomic E-state index is 11.9. The van der Waals surface area contributed by atoms with Crippen molar-refractivity contribution in [2.24, 2.45) is 0 Å². The first-order valence-electron chi connectivity index (χ1n) is 6.14. The summed E-state index contributed by atoms with van der Waals surface area (Å²) in [7, 11) is 0. The Bertz CT molecular complexity index is 498. The van der Waals surface area contributed by atoms with Gasteiger partial charge >= 0.3 is 0 Å². The van der Waals surface area contributed by atoms with E-state index in [2.05, 4.69) is 15.5 Å². The van der Waals surface area contributed by atoms with Crippen molar-refractivity contribution < 1.29 is 9.21 Å². The molecule has 0 aliphatic rings. The van der Waals surface area contributed by atoms with Crippen LogP contribution >= 0.6 is 0 Å². The van der Waals surface area contributed by atoms with E-state index in [1.165, 1.54) is 0 Å². The maximum Gasteiger partial charge on any atom is 0.272 e. The van der Waals surface area contributed by atoms with Crippen LogP contribution in [0.3, 0.4) is 0 Å². The van der Waals surface area contributed by atoms with Crippen LogP contribution in [0.4, 0.5) is 0 Å². The van der Waals surface area contributed by atoms with Gasteiger partial charge in [0.1, 0.15) is 5.69 Å². The maximum absolute atomic E-state index is 11.9. The van der Waals surface area contributed by atoms with Crippen molar-refractivity contribution in [1.82, 2.24) is 15.5 Å². The summed E-state index contributed by atoms with van der Waals surface area (Å²) in [6.45, 7) is 4.10. The minimum absolute atomic E-state index is 0.155. The number of aromatic amines is 1. The third-order valence-corrected chi connectivity index (χ3v) is 2.92. The lowest BCUT2D eigenvalue weighted by Crippen LogP contribution is -2.33. The van der Waals surface area contributed by atoms with Gasteiger partial charge in [0.25, 0.3) is 5.91 Å². The predicted octanol–water partition coefficient (Wildman–Crippen LogP) is 2.59. The molecule has 0 aliphatic carbocycles. The topological polar surface area (TPSA) is 70.9 Å². The summed E-state index contributed by atoms with van der Waals surface area (Å²) in [6, 6.07) is 5.49. The van der Waals surface area contributed by atoms with E-state index in [-0.39, 0.29) is 11.9 Å². The van der Waals surface area contributed by atoms with Gasteiger partial charge in [-0.15, -0.1) is 0 Å². The first kappa shape index (κ1) is 12.4. The van der Waals surface area contributed by atoms with Crippen LogP contribution < -0.4 is 5.32 Å². The molecule has 0 radical (unpaired) electrons. The van der Waals surface area contributed by atoms with E-state index < -0.39 is 0 Å². The van der Waals surface area contributed by atoms with Gasteiger partial charge in [0.15, 0.2) is 11.5 Å². The summed E-state index contributed by atoms with van der Waals surface area (Å²) in [5.41, 5.74) is 1.09. The molecule has 96 valence electrons. The molecular weight excluding hydrogens is 230 g/mol. The molecule has 0 saturated heterocycles. The van der Waals surface area contributed by atoms with Crippen molar-refractivity contribution in [1.29, 1.82) is 0 Å². The van der Waals surface area contributed by atoms with Gasteiger partial charge in [-0.1, -0.05) is 13.8 Å². The zero-order chi connectivity index (χ0) is 13.0. The van der Waals surface area contributed by atoms with Gasteiger partial charge in [0.2, 0.25) is 0 Å². The van der Waals surface area contributed by atoms with Crippen molar-refractivity contribution >= 4 is 5.91 Å². The molecule has 2 N–H and O–H groups in total. The van der Waals surface area contributed by atoms with Crippen molar-refractivity contribution in [2.45, 2.75) is 32.7 Å². The average Bonchev–Trinajstić information content (AvgIpc) is 3.04. The quantitative estimate of drug-likeness (QED) is 0.853. The molecule has 0 fully saturated rings. The largest absolute Gasteiger partial charge is 0.463 e. The summed E-state index contributed by atoms with van der Waals surface area (Å²) in [5, 5.41) is 9.73. The van der Waals surface area contributed by atoms with E-state index in [1.54, 1.807) is 18.4 Å². The highest BCUT2D eigenvalue weighted by atomic mass is 16.3. The Kier molecular flexibility index (Phi) is 3.82. The van der Waals surface area contributed by atoms with Crippen LogP contribution in [-0.2, 0) is 0 Å². The molecule has 0 aliphatic heterocycles. The van der Waals surface area contributed by atoms with E-state index in [0.29, 0.717) is 17.1 Å². The highest BCUT2D eigenvalue weighted by Gasteiger charge is 2.15. The fourth-order valence-corrected chi connectivity index (χ4v) is 1.75. The van der Waals surface area contributed by atoms with Crippen LogP contribution in [0, 0.1) is 0 Å². The number of aromatic nitrogens is 2. The molecule has 5 heteroatoms. The Balaban J connectivity index is 2.08. The van der Waals surface area contributed by atoms with Gasteiger partial charge in [0.05, 0.1) is 6.26 Å². The van der Waals surface area contributed by atoms with E-state index >= 15 is 0 Å². The minimum Gasteiger partial charge on any atom is -0.463 e. The van der Waals surface area contributed by atoms with Gasteiger partial charge in [-0.05, 0) is 25.0 Å². The predicted molar refractivity (Wildman–Crippen MR) is 68.1 cm³/mol. The lowest BCUT2D eigenvalue weighted by atomic mass is 10.1. The van der Waals surface area contributed by atoms with Crippen LogP contribution in [0.5, 0.6) is 0 Å². The number of rotatable bonds is 5. The second kappa shape index (κ2) is 5.53. The van der Waals surface area contributed by atoms with Gasteiger partial charge in [0, 0.05) is 12.1 Å². The van der Waals surface area contributed by atoms with E-state index in [0.717, 1.165) is 12.8 Å². The first-order valence-corrected chi connectivity index (χ1v) is 6.14. The molecule has 5 nitrogen and oxygen atoms in total. The smallest absolute Gasteiger partial charge is 0.272 e. The van der Waals surface area contributed by atoms with Gasteiger partial charge in [-0.25, -0.2) is 0 Å². The van der Waals surface area contributed by atoms with Crippen LogP contribution in [0.25, 0.3) is 11.5 Å². The number of carbonyl (C=O) groups is 1. The molecule has 1 amide bonds. The standard InChI is InChI=1S/C13H17N3O2/c1-3-9(4-2)14-13(17)11-8-10(15-16-11)12-6-5-7-18-12/h5-9H,3-4H2,1-2H3,(H,14,17)(H,15,16). The number of H-pyrrole nitrogens is 1. The molecule has 2 heterocycles. The first-order chi connectivity index (χ1) is 8.74. The van der Waals surface area contributed by atoms with Crippen molar-refractivity contribution in [3.8, 4) is 11.5 Å². The summed E-state index contributed by atoms with van der Waals surface area (Å²) >= 11 is 0. The van der Waals surface area contributed by atoms with Crippen LogP contribution in [-0.4, -0.2) is 22.1 Å². The lowest BCUT2D eigenvalue weighted by molar-refractivity contribution is 0.0930. The second-order valence-corrected chi connectivity index (χ2v) is 4.13. The number of nitrogens with one attached hydrogen (secondary N) is 2. The third kappa shape index (κ3) is 2.61. The molecular formula is C13H17N3O2. The molecule has 2 aromatic rings. The Morgan fingerprint density at radius 1 is 1.50 bits per heavy atom. The molecule has 0 bridgehead atoms. The Morgan fingerprint density at radius 3 is 2.89 bits per heavy atom. The summed E-state index contributed by atoms with van der Waals surface area (Å²) in [6.07, 6.45) is 3.41. The van der Waals surface area contributed by atoms with Crippen molar-refractivity contribution in [2.75, 3.05) is 0 Å². The fourth-order valence-electron chi connectivity index (χ4n) is 1.75. The minimum atomic E-state index is -0.155. The van der Waals surface area contributed by atoms with Crippen LogP contribution in [0.1, 0.15) is 37.2 Å². The molecule has 0 aromatic carbocycles. The summed E-state index contributed by atoms with van der Waals surface area (Å²) < 4.78 is 5.23. The fraction of sp³-hybridized carbons (Fsp3) is 0.385. The zero-order valence-corrected chi connectivity index (χ0v) is 10.6. The molecule has 0 unspecified atom stereocenters. The van der Waals surface area contributed by atoms with E-state index in [1.807, 2.05) is 19.9 Å². The normalized spacial score (nSPS) is 10.8. The van der Waals surface area contributed by atoms with Crippen LogP contribution in [0.15, 0.2) is 28.9 Å². The Morgan fingerprint density at radius 2 is 2.28 bits per heavy atom. The van der Waals surface area contributed by atoms with Gasteiger partial charge in [-0.2, -0.15) is 5.10 Å². The monoisotopic (exact) mass is 247 g/mol. The number of carbonyl (C=O) groups excluding carboxylic acids is 1. The molecule has 2 aromatic heterocycles. The highest BCUT2D eigenvalue weighted by molar-refractivity contribution is 5.93. The summed E-state index contributed by atoms with van der Waals surface area (Å²) in [4.78, 5) is 11.9. The SMILES string of the molecule is CCC(CC)NC(=O)c1cc(-c2ccco2)[nH]n1. The molecule has 0 spiro atoms. The Hall–Kier alpha value is -2.04. The zero-order valence-electron chi connectivity index (χ0n) is 10.6. The van der Waals surface area contributed by atoms with Gasteiger partial charge < -0.3 is 9.73 Å². The molecule has 0 saturated carbocycles. The Labute approximate surface area is 106 Å². The van der Waals surface area contributed by atoms with Crippen molar-refractivity contribution in [3.05, 3.63) is 30.2 Å². The lowest BCUT2D eigenvalue weighted by Gasteiger charge is -2.13. The molecule has 18 heavy (non-hydrogen) atoms. The summed E-state index contributed by atoms with van der Waals surface area (Å²) in [5.74, 6) is 0.516. The van der Waals surface area contributed by atoms with Gasteiger partial charge in [-0.3, -0.25) is 9.89 Å². The number of hydrogen-bond donors (Lipinski definition) is 2.